The lowest BCUT2D eigenvalue weighted by atomic mass is 10.1. The quantitative estimate of drug-likeness (QED) is 0.0986. The number of nitrogens with zero attached hydrogens (tertiary/aromatic N) is 15. The molecule has 0 unspecified atom stereocenters. The van der Waals surface area contributed by atoms with Gasteiger partial charge in [-0.2, -0.15) is 20.4 Å². The summed E-state index contributed by atoms with van der Waals surface area (Å²) in [5.74, 6) is 1.05. The summed E-state index contributed by atoms with van der Waals surface area (Å²) < 4.78 is 17.5. The van der Waals surface area contributed by atoms with Gasteiger partial charge >= 0.3 is 5.97 Å². The summed E-state index contributed by atoms with van der Waals surface area (Å²) in [5.41, 5.74) is 3.28. The van der Waals surface area contributed by atoms with Crippen LogP contribution in [0.4, 0.5) is 11.6 Å². The van der Waals surface area contributed by atoms with Crippen LogP contribution in [0.2, 0.25) is 0 Å². The number of aromatic nitrogens is 14. The van der Waals surface area contributed by atoms with Gasteiger partial charge in [-0.05, 0) is 38.1 Å². The zero-order valence-electron chi connectivity index (χ0n) is 42.3. The molecule has 2 saturated heterocycles. The maximum Gasteiger partial charge on any atom is 0.377 e. The maximum atomic E-state index is 13.4. The van der Waals surface area contributed by atoms with Crippen molar-refractivity contribution in [3.8, 4) is 34.5 Å². The van der Waals surface area contributed by atoms with Crippen LogP contribution in [0.15, 0.2) is 123 Å². The molecule has 0 bridgehead atoms. The van der Waals surface area contributed by atoms with Gasteiger partial charge in [-0.1, -0.05) is 36.4 Å². The molecule has 0 radical (unpaired) electrons. The molecular weight excluding hydrogens is 989 g/mol. The highest BCUT2D eigenvalue weighted by Crippen LogP contribution is 2.33. The summed E-state index contributed by atoms with van der Waals surface area (Å²) in [6.45, 7) is 9.64. The lowest BCUT2D eigenvalue weighted by Crippen LogP contribution is -2.51. The molecule has 2 fully saturated rings. The molecule has 77 heavy (non-hydrogen) atoms. The van der Waals surface area contributed by atoms with Crippen molar-refractivity contribution in [1.29, 1.82) is 0 Å². The number of piperazine rings is 2. The van der Waals surface area contributed by atoms with Gasteiger partial charge in [-0.15, -0.1) is 0 Å². The van der Waals surface area contributed by atoms with E-state index in [1.54, 1.807) is 31.3 Å². The minimum absolute atomic E-state index is 0.000151. The number of para-hydroxylation sites is 2. The molecule has 12 rings (SSSR count). The number of aryl methyl sites for hydroxylation is 2. The van der Waals surface area contributed by atoms with Gasteiger partial charge < -0.3 is 44.6 Å². The molecule has 25 heteroatoms. The first-order chi connectivity index (χ1) is 37.5. The predicted molar refractivity (Wildman–Crippen MR) is 282 cm³/mol. The average Bonchev–Trinajstić information content (AvgIpc) is 4.38. The molecule has 0 saturated carbocycles. The molecule has 0 atom stereocenters. The number of H-pyrrole nitrogens is 2. The number of pyridine rings is 2. The summed E-state index contributed by atoms with van der Waals surface area (Å²) in [6.07, 6.45) is 12.4. The van der Waals surface area contributed by atoms with Crippen molar-refractivity contribution in [2.45, 2.75) is 13.8 Å². The van der Waals surface area contributed by atoms with Gasteiger partial charge in [0.05, 0.1) is 83.3 Å². The number of fused-ring (bicyclic) bond motifs is 2. The Bertz CT molecular complexity index is 3710. The number of ketones is 2. The topological polar surface area (TPSA) is 283 Å². The zero-order chi connectivity index (χ0) is 53.6. The number of aromatic amines is 2. The van der Waals surface area contributed by atoms with E-state index in [4.69, 9.17) is 14.6 Å². The number of carboxylic acid groups (broad SMARTS) is 1. The fourth-order valence-electron chi connectivity index (χ4n) is 9.13. The van der Waals surface area contributed by atoms with Crippen molar-refractivity contribution in [3.63, 3.8) is 0 Å². The van der Waals surface area contributed by atoms with Gasteiger partial charge in [-0.25, -0.2) is 43.5 Å². The molecule has 25 nitrogen and oxygen atoms in total. The number of benzene rings is 2. The van der Waals surface area contributed by atoms with Crippen molar-refractivity contribution in [2.24, 2.45) is 0 Å². The van der Waals surface area contributed by atoms with Crippen LogP contribution in [0.3, 0.4) is 0 Å². The number of Topliss-reactive ketones (excluding diaryl/α,β-unsaturated/α-hetero) is 2. The molecule has 2 aliphatic rings. The van der Waals surface area contributed by atoms with Gasteiger partial charge in [0.2, 0.25) is 0 Å². The van der Waals surface area contributed by atoms with Gasteiger partial charge in [-0.3, -0.25) is 14.4 Å². The van der Waals surface area contributed by atoms with Crippen molar-refractivity contribution >= 4 is 56.9 Å². The van der Waals surface area contributed by atoms with Crippen molar-refractivity contribution in [3.05, 3.63) is 145 Å². The van der Waals surface area contributed by atoms with E-state index in [2.05, 4.69) is 83.6 Å². The van der Waals surface area contributed by atoms with E-state index in [-0.39, 0.29) is 11.1 Å². The molecule has 10 heterocycles. The number of hydrogen-bond acceptors (Lipinski definition) is 17. The molecular formula is C52H52N18O7. The molecule has 8 aromatic heterocycles. The third-order valence-corrected chi connectivity index (χ3v) is 12.9. The Hall–Kier alpha value is -10.0. The standard InChI is InChI=1S/C26H25N9O3.C13H11N5O4.C13H16N4/c1-17-29-16-34(31-17)25-23-22(20(38-2)15-28-25)19(14-27-23)24(36)26(37)33-12-10-32(11-13-33)21-8-9-30-35(21)18-6-4-3-5-7-18;1-6-16-5-18(17-6)12-10-9(8(22-2)4-15-12)7(3-14-10)11(19)13(20)21;1-2-4-12(5-3-1)17-13(6-7-15-17)16-10-8-14-9-11-16/h3-9,14-16,27H,10-13H2,1-2H3;3-5,14H,1-2H3,(H,20,21);1-7,14H,8-11H2. The summed E-state index contributed by atoms with van der Waals surface area (Å²) in [7, 11) is 2.91. The highest BCUT2D eigenvalue weighted by atomic mass is 16.5. The number of anilines is 2. The monoisotopic (exact) mass is 1040 g/mol. The number of methoxy groups -OCH3 is 2. The third kappa shape index (κ3) is 10.3. The minimum atomic E-state index is -1.54. The summed E-state index contributed by atoms with van der Waals surface area (Å²) in [6, 6.07) is 24.2. The smallest absolute Gasteiger partial charge is 0.377 e. The molecule has 0 aliphatic carbocycles. The second kappa shape index (κ2) is 22.2. The van der Waals surface area contributed by atoms with Crippen LogP contribution >= 0.6 is 0 Å². The molecule has 2 aliphatic heterocycles. The number of carbonyl (C=O) groups is 4. The van der Waals surface area contributed by atoms with Crippen LogP contribution in [-0.2, 0) is 9.59 Å². The third-order valence-electron chi connectivity index (χ3n) is 12.9. The summed E-state index contributed by atoms with van der Waals surface area (Å²) in [4.78, 5) is 78.4. The fourth-order valence-corrected chi connectivity index (χ4v) is 9.13. The second-order valence-corrected chi connectivity index (χ2v) is 17.5. The van der Waals surface area contributed by atoms with Crippen LogP contribution < -0.4 is 24.6 Å². The molecule has 0 spiro atoms. The van der Waals surface area contributed by atoms with E-state index in [0.29, 0.717) is 82.8 Å². The molecule has 392 valence electrons. The predicted octanol–water partition coefficient (Wildman–Crippen LogP) is 4.19. The summed E-state index contributed by atoms with van der Waals surface area (Å²) >= 11 is 0. The number of rotatable bonds is 12. The number of carboxylic acids is 1. The van der Waals surface area contributed by atoms with Crippen LogP contribution in [0, 0.1) is 13.8 Å². The molecule has 10 aromatic rings. The Labute approximate surface area is 438 Å². The Morgan fingerprint density at radius 2 is 1.03 bits per heavy atom. The first-order valence-electron chi connectivity index (χ1n) is 24.4. The molecule has 1 amide bonds. The number of aliphatic carboxylic acids is 1. The minimum Gasteiger partial charge on any atom is -0.494 e. The Balaban J connectivity index is 0.000000145. The largest absolute Gasteiger partial charge is 0.494 e. The Morgan fingerprint density at radius 1 is 0.571 bits per heavy atom. The van der Waals surface area contributed by atoms with E-state index in [0.717, 1.165) is 43.4 Å². The number of hydrogen-bond donors (Lipinski definition) is 4. The van der Waals surface area contributed by atoms with Gasteiger partial charge in [0.1, 0.15) is 47.4 Å². The van der Waals surface area contributed by atoms with E-state index in [1.807, 2.05) is 70.2 Å². The number of ether oxygens (including phenoxy) is 2. The van der Waals surface area contributed by atoms with Crippen LogP contribution in [0.25, 0.3) is 44.8 Å². The average molecular weight is 1040 g/mol. The van der Waals surface area contributed by atoms with E-state index >= 15 is 0 Å². The van der Waals surface area contributed by atoms with Crippen LogP contribution in [-0.4, -0.2) is 169 Å². The van der Waals surface area contributed by atoms with Crippen molar-refractivity contribution in [1.82, 2.24) is 79.2 Å². The first-order valence-corrected chi connectivity index (χ1v) is 24.4. The Kier molecular flexibility index (Phi) is 14.6. The Morgan fingerprint density at radius 3 is 1.45 bits per heavy atom. The van der Waals surface area contributed by atoms with E-state index < -0.39 is 23.4 Å². The second-order valence-electron chi connectivity index (χ2n) is 17.5. The highest BCUT2D eigenvalue weighted by Gasteiger charge is 2.31. The van der Waals surface area contributed by atoms with Gasteiger partial charge in [0.15, 0.2) is 11.6 Å². The van der Waals surface area contributed by atoms with Crippen LogP contribution in [0.1, 0.15) is 32.4 Å². The lowest BCUT2D eigenvalue weighted by molar-refractivity contribution is -0.131. The van der Waals surface area contributed by atoms with Gasteiger partial charge in [0.25, 0.3) is 17.5 Å². The maximum absolute atomic E-state index is 13.4. The number of amides is 1. The fraction of sp³-hybridized carbons (Fsp3) is 0.231. The number of nitrogens with one attached hydrogen (secondary N) is 3. The van der Waals surface area contributed by atoms with E-state index in [1.165, 1.54) is 60.5 Å². The zero-order valence-corrected chi connectivity index (χ0v) is 42.3. The van der Waals surface area contributed by atoms with Crippen molar-refractivity contribution in [2.75, 3.05) is 76.4 Å². The highest BCUT2D eigenvalue weighted by molar-refractivity contribution is 6.45. The SMILES string of the molecule is COc1cnc(-n2cnc(C)n2)c2[nH]cc(C(=O)C(=O)N3CCN(c4ccnn4-c4ccccc4)CC3)c12.COc1cnc(-n2cnc(C)n2)c2[nH]cc(C(=O)C(=O)O)c12.c1ccc(-n2nccc2N2CCNCC2)cc1. The first kappa shape index (κ1) is 50.5. The molecule has 4 N–H and O–H groups in total. The van der Waals surface area contributed by atoms with Gasteiger partial charge in [0, 0.05) is 76.9 Å². The molecule has 2 aromatic carbocycles. The summed E-state index contributed by atoms with van der Waals surface area (Å²) in [5, 5.41) is 30.5. The lowest BCUT2D eigenvalue weighted by Gasteiger charge is -2.35. The van der Waals surface area contributed by atoms with Crippen molar-refractivity contribution < 1.29 is 33.8 Å². The van der Waals surface area contributed by atoms with E-state index in [9.17, 15) is 19.2 Å². The normalized spacial score (nSPS) is 13.4. The van der Waals surface area contributed by atoms with Crippen LogP contribution in [0.5, 0.6) is 11.5 Å². The number of carbonyl (C=O) groups excluding carboxylic acids is 3.